The Morgan fingerprint density at radius 1 is 1.25 bits per heavy atom. The third-order valence-electron chi connectivity index (χ3n) is 7.13. The molecule has 1 amide bonds. The number of halogens is 1. The van der Waals surface area contributed by atoms with Crippen molar-refractivity contribution in [2.45, 2.75) is 70.9 Å². The van der Waals surface area contributed by atoms with Crippen LogP contribution < -0.4 is 10.6 Å². The first kappa shape index (κ1) is 26.3. The monoisotopic (exact) mass is 507 g/mol. The van der Waals surface area contributed by atoms with E-state index in [1.165, 1.54) is 11.1 Å². The van der Waals surface area contributed by atoms with Crippen LogP contribution in [0.4, 0.5) is 11.4 Å². The van der Waals surface area contributed by atoms with Gasteiger partial charge in [-0.2, -0.15) is 0 Å². The summed E-state index contributed by atoms with van der Waals surface area (Å²) in [4.78, 5) is 15.1. The molecule has 0 aliphatic carbocycles. The molecule has 0 aromatic heterocycles. The average molecular weight is 508 g/mol. The molecule has 0 unspecified atom stereocenters. The van der Waals surface area contributed by atoms with E-state index < -0.39 is 5.54 Å². The molecule has 5 nitrogen and oxygen atoms in total. The van der Waals surface area contributed by atoms with Gasteiger partial charge in [-0.05, 0) is 74.4 Å². The molecule has 192 valence electrons. The van der Waals surface area contributed by atoms with Crippen molar-refractivity contribution in [1.82, 2.24) is 10.2 Å². The molecule has 2 aromatic carbocycles. The van der Waals surface area contributed by atoms with E-state index in [2.05, 4.69) is 55.8 Å². The summed E-state index contributed by atoms with van der Waals surface area (Å²) in [6, 6.07) is 12.6. The minimum Gasteiger partial charge on any atom is -0.381 e. The summed E-state index contributed by atoms with van der Waals surface area (Å²) in [5.41, 5.74) is 5.84. The van der Waals surface area contributed by atoms with E-state index in [4.69, 9.17) is 16.3 Å². The number of rotatable bonds is 8. The van der Waals surface area contributed by atoms with Gasteiger partial charge in [0.05, 0.1) is 22.7 Å². The second kappa shape index (κ2) is 11.1. The molecule has 2 fully saturated rings. The van der Waals surface area contributed by atoms with Crippen LogP contribution in [0.25, 0.3) is 0 Å². The molecular weight excluding hydrogens is 470 g/mol. The van der Waals surface area contributed by atoms with Crippen LogP contribution in [-0.4, -0.2) is 30.1 Å². The molecule has 0 spiro atoms. The zero-order chi connectivity index (χ0) is 25.9. The topological polar surface area (TPSA) is 53.6 Å². The Morgan fingerprint density at radius 3 is 2.67 bits per heavy atom. The maximum absolute atomic E-state index is 13.3. The number of anilines is 2. The lowest BCUT2D eigenvalue weighted by Gasteiger charge is -2.46. The third kappa shape index (κ3) is 5.63. The molecule has 2 aromatic rings. The maximum atomic E-state index is 13.3. The number of hydrogen-bond donors (Lipinski definition) is 2. The zero-order valence-electron chi connectivity index (χ0n) is 21.8. The number of benzene rings is 2. The minimum atomic E-state index is -0.649. The lowest BCUT2D eigenvalue weighted by atomic mass is 9.85. The SMILES string of the molecule is C=C(C)Cc1ccc(Nc2cccc([C@]3(C)CC(=O)N(C4CCOCC4)C(=C)N3)c2Cl)cc1CCC. The van der Waals surface area contributed by atoms with E-state index in [-0.39, 0.29) is 11.9 Å². The number of allylic oxidation sites excluding steroid dienone is 1. The second-order valence-corrected chi connectivity index (χ2v) is 10.7. The van der Waals surface area contributed by atoms with E-state index in [9.17, 15) is 4.79 Å². The Hall–Kier alpha value is -2.76. The first-order valence-corrected chi connectivity index (χ1v) is 13.3. The van der Waals surface area contributed by atoms with E-state index in [1.807, 2.05) is 30.0 Å². The van der Waals surface area contributed by atoms with Crippen molar-refractivity contribution >= 4 is 28.9 Å². The van der Waals surface area contributed by atoms with Crippen molar-refractivity contribution in [3.63, 3.8) is 0 Å². The average Bonchev–Trinajstić information content (AvgIpc) is 2.82. The van der Waals surface area contributed by atoms with E-state index >= 15 is 0 Å². The lowest BCUT2D eigenvalue weighted by Crippen LogP contribution is -2.57. The predicted octanol–water partition coefficient (Wildman–Crippen LogP) is 6.84. The van der Waals surface area contributed by atoms with E-state index in [0.717, 1.165) is 54.6 Å². The summed E-state index contributed by atoms with van der Waals surface area (Å²) in [7, 11) is 0. The van der Waals surface area contributed by atoms with Crippen molar-refractivity contribution in [3.8, 4) is 0 Å². The molecule has 0 radical (unpaired) electrons. The Labute approximate surface area is 220 Å². The molecule has 0 bridgehead atoms. The van der Waals surface area contributed by atoms with Crippen LogP contribution in [-0.2, 0) is 27.9 Å². The molecule has 2 saturated heterocycles. The highest BCUT2D eigenvalue weighted by Gasteiger charge is 2.42. The third-order valence-corrected chi connectivity index (χ3v) is 7.54. The predicted molar refractivity (Wildman–Crippen MR) is 149 cm³/mol. The first-order chi connectivity index (χ1) is 17.2. The molecule has 2 N–H and O–H groups in total. The van der Waals surface area contributed by atoms with Crippen molar-refractivity contribution in [3.05, 3.63) is 82.7 Å². The molecule has 2 aliphatic rings. The van der Waals surface area contributed by atoms with Crippen LogP contribution in [0.1, 0.15) is 63.1 Å². The zero-order valence-corrected chi connectivity index (χ0v) is 22.5. The number of amides is 1. The fourth-order valence-electron chi connectivity index (χ4n) is 5.40. The fraction of sp³-hybridized carbons (Fsp3) is 0.433. The van der Waals surface area contributed by atoms with Crippen LogP contribution in [0.3, 0.4) is 0 Å². The van der Waals surface area contributed by atoms with E-state index in [0.29, 0.717) is 30.5 Å². The van der Waals surface area contributed by atoms with Gasteiger partial charge in [-0.3, -0.25) is 9.69 Å². The Kier molecular flexibility index (Phi) is 8.11. The van der Waals surface area contributed by atoms with Crippen LogP contribution >= 0.6 is 11.6 Å². The van der Waals surface area contributed by atoms with Crippen LogP contribution in [0.5, 0.6) is 0 Å². The lowest BCUT2D eigenvalue weighted by molar-refractivity contribution is -0.137. The van der Waals surface area contributed by atoms with Gasteiger partial charge in [-0.15, -0.1) is 0 Å². The smallest absolute Gasteiger partial charge is 0.231 e. The number of aryl methyl sites for hydroxylation is 1. The summed E-state index contributed by atoms with van der Waals surface area (Å²) < 4.78 is 5.48. The first-order valence-electron chi connectivity index (χ1n) is 12.9. The number of hydrogen-bond acceptors (Lipinski definition) is 4. The summed E-state index contributed by atoms with van der Waals surface area (Å²) >= 11 is 6.98. The van der Waals surface area contributed by atoms with E-state index in [1.54, 1.807) is 0 Å². The molecule has 6 heteroatoms. The number of nitrogens with one attached hydrogen (secondary N) is 2. The van der Waals surface area contributed by atoms with Crippen LogP contribution in [0, 0.1) is 0 Å². The van der Waals surface area contributed by atoms with Gasteiger partial charge in [0.2, 0.25) is 5.91 Å². The van der Waals surface area contributed by atoms with Gasteiger partial charge in [0.15, 0.2) is 0 Å². The highest BCUT2D eigenvalue weighted by molar-refractivity contribution is 6.34. The van der Waals surface area contributed by atoms with Gasteiger partial charge in [0.25, 0.3) is 0 Å². The summed E-state index contributed by atoms with van der Waals surface area (Å²) in [5, 5.41) is 7.64. The second-order valence-electron chi connectivity index (χ2n) is 10.3. The van der Waals surface area contributed by atoms with Crippen LogP contribution in [0.15, 0.2) is 61.0 Å². The highest BCUT2D eigenvalue weighted by atomic mass is 35.5. The van der Waals surface area contributed by atoms with Gasteiger partial charge in [0, 0.05) is 24.9 Å². The van der Waals surface area contributed by atoms with Crippen LogP contribution in [0.2, 0.25) is 5.02 Å². The van der Waals surface area contributed by atoms with Crippen molar-refractivity contribution < 1.29 is 9.53 Å². The number of ether oxygens (including phenoxy) is 1. The van der Waals surface area contributed by atoms with Crippen molar-refractivity contribution in [2.24, 2.45) is 0 Å². The fourth-order valence-corrected chi connectivity index (χ4v) is 5.79. The number of carbonyl (C=O) groups is 1. The van der Waals surface area contributed by atoms with Gasteiger partial charge in [-0.25, -0.2) is 0 Å². The number of nitrogens with zero attached hydrogens (tertiary/aromatic N) is 1. The van der Waals surface area contributed by atoms with Gasteiger partial charge < -0.3 is 15.4 Å². The molecule has 0 saturated carbocycles. The largest absolute Gasteiger partial charge is 0.381 e. The molecule has 2 aliphatic heterocycles. The minimum absolute atomic E-state index is 0.0693. The standard InChI is InChI=1S/C30H38ClN3O2/c1-6-8-22-18-24(12-11-23(22)17-20(2)3)32-27-10-7-9-26(29(27)31)30(5)19-28(35)34(21(4)33-30)25-13-15-36-16-14-25/h7,9-12,18,25,32-33H,2,4,6,8,13-17,19H2,1,3,5H3/t30-/m0/s1. The molecular formula is C30H38ClN3O2. The normalized spacial score (nSPS) is 20.8. The Balaban J connectivity index is 1.57. The summed E-state index contributed by atoms with van der Waals surface area (Å²) in [6.07, 6.45) is 4.95. The highest BCUT2D eigenvalue weighted by Crippen LogP contribution is 2.40. The molecule has 4 rings (SSSR count). The molecule has 1 atom stereocenters. The van der Waals surface area contributed by atoms with Gasteiger partial charge in [0.1, 0.15) is 5.82 Å². The summed E-state index contributed by atoms with van der Waals surface area (Å²) in [6.45, 7) is 15.9. The number of carbonyl (C=O) groups excluding carboxylic acids is 1. The van der Waals surface area contributed by atoms with Crippen molar-refractivity contribution in [1.29, 1.82) is 0 Å². The maximum Gasteiger partial charge on any atom is 0.231 e. The molecule has 36 heavy (non-hydrogen) atoms. The summed E-state index contributed by atoms with van der Waals surface area (Å²) in [5.74, 6) is 0.701. The van der Waals surface area contributed by atoms with Gasteiger partial charge in [-0.1, -0.05) is 61.9 Å². The quantitative estimate of drug-likeness (QED) is 0.384. The van der Waals surface area contributed by atoms with Crippen molar-refractivity contribution in [2.75, 3.05) is 18.5 Å². The van der Waals surface area contributed by atoms with Gasteiger partial charge >= 0.3 is 0 Å². The Bertz CT molecular complexity index is 1130. The Morgan fingerprint density at radius 2 is 2.00 bits per heavy atom. The molecule has 2 heterocycles.